The summed E-state index contributed by atoms with van der Waals surface area (Å²) in [6, 6.07) is 21.4. The molecule has 39 heavy (non-hydrogen) atoms. The fourth-order valence-corrected chi connectivity index (χ4v) is 5.68. The van der Waals surface area contributed by atoms with Gasteiger partial charge in [-0.05, 0) is 78.4 Å². The molecule has 8 heteroatoms. The number of aryl methyl sites for hydroxylation is 2. The molecule has 0 aliphatic carbocycles. The van der Waals surface area contributed by atoms with Crippen LogP contribution in [0.5, 0.6) is 11.5 Å². The molecule has 2 amide bonds. The van der Waals surface area contributed by atoms with Crippen LogP contribution in [-0.4, -0.2) is 23.8 Å². The maximum absolute atomic E-state index is 13.6. The molecular weight excluding hydrogens is 510 g/mol. The zero-order chi connectivity index (χ0) is 27.5. The highest BCUT2D eigenvalue weighted by Gasteiger charge is 2.33. The second-order valence-corrected chi connectivity index (χ2v) is 10.6. The Morgan fingerprint density at radius 2 is 1.82 bits per heavy atom. The molecule has 5 rings (SSSR count). The van der Waals surface area contributed by atoms with Crippen LogP contribution >= 0.6 is 11.3 Å². The van der Waals surface area contributed by atoms with Crippen LogP contribution in [0.3, 0.4) is 0 Å². The Morgan fingerprint density at radius 1 is 1.05 bits per heavy atom. The number of hydrogen-bond acceptors (Lipinski definition) is 6. The van der Waals surface area contributed by atoms with Crippen molar-refractivity contribution in [2.24, 2.45) is 0 Å². The molecular formula is C31H31N3O4S. The normalized spacial score (nSPS) is 14.4. The van der Waals surface area contributed by atoms with Crippen molar-refractivity contribution in [1.82, 2.24) is 4.90 Å². The van der Waals surface area contributed by atoms with E-state index in [-0.39, 0.29) is 24.6 Å². The predicted octanol–water partition coefficient (Wildman–Crippen LogP) is 6.68. The summed E-state index contributed by atoms with van der Waals surface area (Å²) >= 11 is 1.63. The Kier molecular flexibility index (Phi) is 7.56. The number of methoxy groups -OCH3 is 1. The first-order chi connectivity index (χ1) is 18.8. The van der Waals surface area contributed by atoms with Crippen molar-refractivity contribution in [2.75, 3.05) is 17.7 Å². The number of thiophene rings is 1. The molecule has 1 aliphatic rings. The van der Waals surface area contributed by atoms with Gasteiger partial charge in [-0.15, -0.1) is 11.3 Å². The summed E-state index contributed by atoms with van der Waals surface area (Å²) in [5, 5.41) is 8.43. The number of nitrogens with zero attached hydrogens (tertiary/aromatic N) is 1. The standard InChI is InChI=1S/C31H31N3O4S/c1-19-14-24(32-21(3)35)15-20(2)29(19)38-18-23-16-22(11-12-28(23)37-4)30-33-27-10-6-5-9-26(27)31(36)34(30)17-25-8-7-13-39-25/h5-16,30,33H,17-18H2,1-4H3,(H,32,35). The third-order valence-corrected chi connectivity index (χ3v) is 7.56. The first kappa shape index (κ1) is 26.3. The maximum atomic E-state index is 13.6. The molecule has 1 aromatic heterocycles. The highest BCUT2D eigenvalue weighted by molar-refractivity contribution is 7.09. The van der Waals surface area contributed by atoms with Gasteiger partial charge >= 0.3 is 0 Å². The van der Waals surface area contributed by atoms with Crippen LogP contribution in [-0.2, 0) is 17.9 Å². The molecule has 0 saturated carbocycles. The average molecular weight is 542 g/mol. The Balaban J connectivity index is 1.45. The van der Waals surface area contributed by atoms with Crippen LogP contribution in [0.1, 0.15) is 50.6 Å². The minimum atomic E-state index is -0.362. The smallest absolute Gasteiger partial charge is 0.258 e. The van der Waals surface area contributed by atoms with Gasteiger partial charge in [-0.2, -0.15) is 0 Å². The lowest BCUT2D eigenvalue weighted by Crippen LogP contribution is -2.42. The number of carbonyl (C=O) groups is 2. The largest absolute Gasteiger partial charge is 0.496 e. The van der Waals surface area contributed by atoms with Crippen LogP contribution in [0.15, 0.2) is 72.1 Å². The van der Waals surface area contributed by atoms with Gasteiger partial charge in [0.2, 0.25) is 5.91 Å². The van der Waals surface area contributed by atoms with Crippen LogP contribution in [0, 0.1) is 13.8 Å². The number of para-hydroxylation sites is 1. The zero-order valence-corrected chi connectivity index (χ0v) is 23.2. The van der Waals surface area contributed by atoms with Gasteiger partial charge in [0, 0.05) is 28.7 Å². The summed E-state index contributed by atoms with van der Waals surface area (Å²) < 4.78 is 12.0. The number of ether oxygens (including phenoxy) is 2. The monoisotopic (exact) mass is 541 g/mol. The fraction of sp³-hybridized carbons (Fsp3) is 0.226. The minimum absolute atomic E-state index is 0.0122. The van der Waals surface area contributed by atoms with Crippen LogP contribution in [0.2, 0.25) is 0 Å². The number of fused-ring (bicyclic) bond motifs is 1. The summed E-state index contributed by atoms with van der Waals surface area (Å²) in [6.45, 7) is 6.18. The van der Waals surface area contributed by atoms with Crippen molar-refractivity contribution >= 4 is 34.5 Å². The summed E-state index contributed by atoms with van der Waals surface area (Å²) in [7, 11) is 1.64. The first-order valence-electron chi connectivity index (χ1n) is 12.7. The number of rotatable bonds is 8. The lowest BCUT2D eigenvalue weighted by molar-refractivity contribution is -0.114. The summed E-state index contributed by atoms with van der Waals surface area (Å²) in [6.07, 6.45) is -0.362. The summed E-state index contributed by atoms with van der Waals surface area (Å²) in [5.74, 6) is 1.34. The number of hydrogen-bond donors (Lipinski definition) is 2. The van der Waals surface area contributed by atoms with Gasteiger partial charge in [-0.1, -0.05) is 24.3 Å². The van der Waals surface area contributed by atoms with Gasteiger partial charge in [0.1, 0.15) is 24.3 Å². The molecule has 4 aromatic rings. The lowest BCUT2D eigenvalue weighted by atomic mass is 10.0. The topological polar surface area (TPSA) is 79.9 Å². The Bertz CT molecular complexity index is 1490. The summed E-state index contributed by atoms with van der Waals surface area (Å²) in [4.78, 5) is 28.1. The highest BCUT2D eigenvalue weighted by Crippen LogP contribution is 2.37. The van der Waals surface area contributed by atoms with E-state index in [4.69, 9.17) is 9.47 Å². The molecule has 0 saturated heterocycles. The fourth-order valence-electron chi connectivity index (χ4n) is 4.97. The molecule has 7 nitrogen and oxygen atoms in total. The molecule has 0 radical (unpaired) electrons. The zero-order valence-electron chi connectivity index (χ0n) is 22.4. The second kappa shape index (κ2) is 11.2. The second-order valence-electron chi connectivity index (χ2n) is 9.59. The van der Waals surface area contributed by atoms with Crippen LogP contribution in [0.4, 0.5) is 11.4 Å². The van der Waals surface area contributed by atoms with Gasteiger partial charge in [-0.3, -0.25) is 9.59 Å². The first-order valence-corrected chi connectivity index (χ1v) is 13.6. The third kappa shape index (κ3) is 5.61. The molecule has 0 bridgehead atoms. The van der Waals surface area contributed by atoms with Crippen molar-refractivity contribution in [2.45, 2.75) is 40.1 Å². The van der Waals surface area contributed by atoms with E-state index in [1.54, 1.807) is 18.4 Å². The van der Waals surface area contributed by atoms with E-state index in [2.05, 4.69) is 10.6 Å². The van der Waals surface area contributed by atoms with Gasteiger partial charge in [-0.25, -0.2) is 0 Å². The molecule has 200 valence electrons. The Labute approximate surface area is 232 Å². The van der Waals surface area contributed by atoms with Crippen molar-refractivity contribution in [3.05, 3.63) is 105 Å². The molecule has 3 aromatic carbocycles. The van der Waals surface area contributed by atoms with Crippen LogP contribution in [0.25, 0.3) is 0 Å². The number of carbonyl (C=O) groups excluding carboxylic acids is 2. The third-order valence-electron chi connectivity index (χ3n) is 6.70. The van der Waals surface area contributed by atoms with Gasteiger partial charge in [0.15, 0.2) is 0 Å². The molecule has 2 heterocycles. The van der Waals surface area contributed by atoms with Gasteiger partial charge in [0.25, 0.3) is 5.91 Å². The SMILES string of the molecule is COc1ccc(C2Nc3ccccc3C(=O)N2Cc2cccs2)cc1COc1c(C)cc(NC(C)=O)cc1C. The number of benzene rings is 3. The highest BCUT2D eigenvalue weighted by atomic mass is 32.1. The van der Waals surface area contributed by atoms with E-state index in [0.29, 0.717) is 17.9 Å². The molecule has 1 atom stereocenters. The van der Waals surface area contributed by atoms with E-state index in [9.17, 15) is 9.59 Å². The van der Waals surface area contributed by atoms with Crippen molar-refractivity contribution in [3.8, 4) is 11.5 Å². The molecule has 0 fully saturated rings. The molecule has 1 unspecified atom stereocenters. The molecule has 0 spiro atoms. The number of amides is 2. The van der Waals surface area contributed by atoms with Gasteiger partial charge < -0.3 is 25.0 Å². The molecule has 2 N–H and O–H groups in total. The van der Waals surface area contributed by atoms with E-state index in [0.717, 1.165) is 44.3 Å². The van der Waals surface area contributed by atoms with Crippen LogP contribution < -0.4 is 20.1 Å². The average Bonchev–Trinajstić information content (AvgIpc) is 3.42. The summed E-state index contributed by atoms with van der Waals surface area (Å²) in [5.41, 5.74) is 5.86. The van der Waals surface area contributed by atoms with E-state index in [1.165, 1.54) is 6.92 Å². The van der Waals surface area contributed by atoms with Gasteiger partial charge in [0.05, 0.1) is 19.2 Å². The van der Waals surface area contributed by atoms with E-state index >= 15 is 0 Å². The van der Waals surface area contributed by atoms with Crippen molar-refractivity contribution < 1.29 is 19.1 Å². The predicted molar refractivity (Wildman–Crippen MR) is 155 cm³/mol. The quantitative estimate of drug-likeness (QED) is 0.260. The minimum Gasteiger partial charge on any atom is -0.496 e. The van der Waals surface area contributed by atoms with E-state index in [1.807, 2.05) is 90.9 Å². The number of nitrogens with one attached hydrogen (secondary N) is 2. The van der Waals surface area contributed by atoms with E-state index < -0.39 is 0 Å². The molecule has 1 aliphatic heterocycles. The maximum Gasteiger partial charge on any atom is 0.258 e. The number of anilines is 2. The Hall–Kier alpha value is -4.30. The lowest BCUT2D eigenvalue weighted by Gasteiger charge is -2.38. The Morgan fingerprint density at radius 3 is 2.51 bits per heavy atom. The van der Waals surface area contributed by atoms with Crippen molar-refractivity contribution in [3.63, 3.8) is 0 Å². The van der Waals surface area contributed by atoms with Crippen molar-refractivity contribution in [1.29, 1.82) is 0 Å².